The van der Waals surface area contributed by atoms with Gasteiger partial charge in [-0.05, 0) is 85.3 Å². The highest BCUT2D eigenvalue weighted by atomic mass is 127. The molecule has 0 aliphatic heterocycles. The van der Waals surface area contributed by atoms with Crippen molar-refractivity contribution in [2.75, 3.05) is 0 Å². The van der Waals surface area contributed by atoms with E-state index >= 15 is 0 Å². The van der Waals surface area contributed by atoms with E-state index < -0.39 is 0 Å². The van der Waals surface area contributed by atoms with E-state index in [1.807, 2.05) is 0 Å². The van der Waals surface area contributed by atoms with Gasteiger partial charge in [-0.1, -0.05) is 42.5 Å². The van der Waals surface area contributed by atoms with Crippen molar-refractivity contribution < 1.29 is 0 Å². The van der Waals surface area contributed by atoms with Gasteiger partial charge < -0.3 is 0 Å². The Morgan fingerprint density at radius 1 is 0.667 bits per heavy atom. The highest BCUT2D eigenvalue weighted by Crippen LogP contribution is 2.32. The summed E-state index contributed by atoms with van der Waals surface area (Å²) in [6.45, 7) is 0. The predicted octanol–water partition coefficient (Wildman–Crippen LogP) is 5.72. The third-order valence-corrected chi connectivity index (χ3v) is 4.62. The molecule has 0 saturated carbocycles. The monoisotopic (exact) mass is 456 g/mol. The van der Waals surface area contributed by atoms with E-state index in [1.165, 1.54) is 29.0 Å². The van der Waals surface area contributed by atoms with Crippen molar-refractivity contribution in [2.24, 2.45) is 0 Å². The van der Waals surface area contributed by atoms with Crippen LogP contribution in [0.3, 0.4) is 0 Å². The molecule has 0 unspecified atom stereocenters. The zero-order valence-electron chi connectivity index (χ0n) is 9.53. The molecule has 0 aliphatic carbocycles. The maximum absolute atomic E-state index is 2.41. The zero-order chi connectivity index (χ0) is 12.5. The number of benzene rings is 3. The topological polar surface area (TPSA) is 0 Å². The summed E-state index contributed by atoms with van der Waals surface area (Å²) in [5.41, 5.74) is 2.63. The minimum absolute atomic E-state index is 1.27. The van der Waals surface area contributed by atoms with Crippen LogP contribution in [0.15, 0.2) is 60.7 Å². The van der Waals surface area contributed by atoms with Gasteiger partial charge in [-0.25, -0.2) is 0 Å². The first-order valence-electron chi connectivity index (χ1n) is 5.69. The predicted molar refractivity (Wildman–Crippen MR) is 94.8 cm³/mol. The summed E-state index contributed by atoms with van der Waals surface area (Å²) >= 11 is 4.78. The van der Waals surface area contributed by atoms with Gasteiger partial charge in [0.1, 0.15) is 0 Å². The number of fused-ring (bicyclic) bond motifs is 1. The molecule has 0 spiro atoms. The molecule has 0 bridgehead atoms. The fourth-order valence-electron chi connectivity index (χ4n) is 2.16. The molecule has 0 aliphatic rings. The van der Waals surface area contributed by atoms with Crippen molar-refractivity contribution in [3.8, 4) is 11.1 Å². The standard InChI is InChI=1S/C16H10I2/c17-12-8-9-16(18)15(10-12)14-7-3-5-11-4-1-2-6-13(11)14/h1-10H. The molecule has 0 radical (unpaired) electrons. The first-order valence-corrected chi connectivity index (χ1v) is 7.84. The third kappa shape index (κ3) is 2.28. The molecule has 0 atom stereocenters. The lowest BCUT2D eigenvalue weighted by molar-refractivity contribution is 1.57. The normalized spacial score (nSPS) is 10.8. The Morgan fingerprint density at radius 2 is 1.44 bits per heavy atom. The zero-order valence-corrected chi connectivity index (χ0v) is 13.8. The van der Waals surface area contributed by atoms with Crippen LogP contribution in [0.25, 0.3) is 21.9 Å². The van der Waals surface area contributed by atoms with Crippen LogP contribution in [0.1, 0.15) is 0 Å². The third-order valence-electron chi connectivity index (χ3n) is 3.01. The van der Waals surface area contributed by atoms with Gasteiger partial charge in [0.25, 0.3) is 0 Å². The number of hydrogen-bond donors (Lipinski definition) is 0. The van der Waals surface area contributed by atoms with Crippen LogP contribution in [0.5, 0.6) is 0 Å². The lowest BCUT2D eigenvalue weighted by Crippen LogP contribution is -1.86. The molecule has 0 aromatic heterocycles. The van der Waals surface area contributed by atoms with E-state index in [2.05, 4.69) is 106 Å². The van der Waals surface area contributed by atoms with Gasteiger partial charge >= 0.3 is 0 Å². The van der Waals surface area contributed by atoms with E-state index in [-0.39, 0.29) is 0 Å². The first-order chi connectivity index (χ1) is 8.75. The molecule has 0 nitrogen and oxygen atoms in total. The van der Waals surface area contributed by atoms with Crippen molar-refractivity contribution in [1.29, 1.82) is 0 Å². The van der Waals surface area contributed by atoms with Crippen molar-refractivity contribution in [3.05, 3.63) is 67.8 Å². The number of halogens is 2. The SMILES string of the molecule is Ic1ccc(I)c(-c2cccc3ccccc23)c1. The van der Waals surface area contributed by atoms with Crippen LogP contribution in [0.2, 0.25) is 0 Å². The largest absolute Gasteiger partial charge is 0.0616 e. The smallest absolute Gasteiger partial charge is 0.0209 e. The van der Waals surface area contributed by atoms with Crippen LogP contribution in [0.4, 0.5) is 0 Å². The molecule has 0 fully saturated rings. The molecule has 0 N–H and O–H groups in total. The molecular weight excluding hydrogens is 446 g/mol. The Balaban J connectivity index is 2.35. The number of hydrogen-bond acceptors (Lipinski definition) is 0. The summed E-state index contributed by atoms with van der Waals surface area (Å²) in [5, 5.41) is 2.62. The van der Waals surface area contributed by atoms with Crippen LogP contribution in [-0.4, -0.2) is 0 Å². The van der Waals surface area contributed by atoms with Gasteiger partial charge in [0, 0.05) is 7.14 Å². The second-order valence-corrected chi connectivity index (χ2v) is 6.56. The Hall–Kier alpha value is -0.620. The fraction of sp³-hybridized carbons (Fsp3) is 0. The Morgan fingerprint density at radius 3 is 2.33 bits per heavy atom. The minimum Gasteiger partial charge on any atom is -0.0616 e. The second-order valence-electron chi connectivity index (χ2n) is 4.15. The lowest BCUT2D eigenvalue weighted by Gasteiger charge is -2.09. The molecule has 18 heavy (non-hydrogen) atoms. The average molecular weight is 456 g/mol. The highest BCUT2D eigenvalue weighted by Gasteiger charge is 2.07. The van der Waals surface area contributed by atoms with Crippen LogP contribution < -0.4 is 0 Å². The van der Waals surface area contributed by atoms with Gasteiger partial charge in [-0.3, -0.25) is 0 Å². The number of rotatable bonds is 1. The Kier molecular flexibility index (Phi) is 3.56. The maximum Gasteiger partial charge on any atom is 0.0209 e. The van der Waals surface area contributed by atoms with Gasteiger partial charge in [0.2, 0.25) is 0 Å². The summed E-state index contributed by atoms with van der Waals surface area (Å²) in [4.78, 5) is 0. The average Bonchev–Trinajstić information content (AvgIpc) is 2.41. The second kappa shape index (κ2) is 5.17. The highest BCUT2D eigenvalue weighted by molar-refractivity contribution is 14.1. The maximum atomic E-state index is 2.41. The lowest BCUT2D eigenvalue weighted by atomic mass is 9.98. The summed E-state index contributed by atoms with van der Waals surface area (Å²) < 4.78 is 2.57. The molecule has 3 aromatic rings. The van der Waals surface area contributed by atoms with Crippen LogP contribution in [0, 0.1) is 7.14 Å². The van der Waals surface area contributed by atoms with Crippen molar-refractivity contribution in [2.45, 2.75) is 0 Å². The molecule has 0 saturated heterocycles. The molecule has 3 rings (SSSR count). The van der Waals surface area contributed by atoms with E-state index in [0.717, 1.165) is 0 Å². The Bertz CT molecular complexity index is 712. The summed E-state index contributed by atoms with van der Waals surface area (Å²) in [6.07, 6.45) is 0. The molecule has 0 heterocycles. The molecule has 0 amide bonds. The minimum atomic E-state index is 1.27. The van der Waals surface area contributed by atoms with Crippen molar-refractivity contribution in [3.63, 3.8) is 0 Å². The quantitative estimate of drug-likeness (QED) is 0.412. The summed E-state index contributed by atoms with van der Waals surface area (Å²) in [6, 6.07) is 21.6. The van der Waals surface area contributed by atoms with E-state index in [4.69, 9.17) is 0 Å². The summed E-state index contributed by atoms with van der Waals surface area (Å²) in [7, 11) is 0. The first kappa shape index (κ1) is 12.4. The van der Waals surface area contributed by atoms with Crippen molar-refractivity contribution in [1.82, 2.24) is 0 Å². The van der Waals surface area contributed by atoms with E-state index in [9.17, 15) is 0 Å². The van der Waals surface area contributed by atoms with E-state index in [1.54, 1.807) is 0 Å². The van der Waals surface area contributed by atoms with Gasteiger partial charge in [0.15, 0.2) is 0 Å². The molecule has 88 valence electrons. The summed E-state index contributed by atoms with van der Waals surface area (Å²) in [5.74, 6) is 0. The fourth-order valence-corrected chi connectivity index (χ4v) is 3.28. The Labute approximate surface area is 134 Å². The molecule has 3 aromatic carbocycles. The van der Waals surface area contributed by atoms with Crippen LogP contribution in [-0.2, 0) is 0 Å². The van der Waals surface area contributed by atoms with Gasteiger partial charge in [-0.2, -0.15) is 0 Å². The van der Waals surface area contributed by atoms with Crippen molar-refractivity contribution >= 4 is 56.0 Å². The van der Waals surface area contributed by atoms with Gasteiger partial charge in [0.05, 0.1) is 0 Å². The van der Waals surface area contributed by atoms with Crippen LogP contribution >= 0.6 is 45.2 Å². The van der Waals surface area contributed by atoms with Gasteiger partial charge in [-0.15, -0.1) is 0 Å². The molecular formula is C16H10I2. The molecule has 2 heteroatoms. The van der Waals surface area contributed by atoms with E-state index in [0.29, 0.717) is 0 Å².